The van der Waals surface area contributed by atoms with Crippen molar-refractivity contribution >= 4 is 22.5 Å². The monoisotopic (exact) mass is 231 g/mol. The number of hydrogen-bond donors (Lipinski definition) is 2. The summed E-state index contributed by atoms with van der Waals surface area (Å²) in [5, 5.41) is 0.891. The number of carbonyl (C=O) groups is 1. The first kappa shape index (κ1) is 11.5. The van der Waals surface area contributed by atoms with Gasteiger partial charge in [-0.1, -0.05) is 0 Å². The third-order valence-corrected chi connectivity index (χ3v) is 2.99. The Morgan fingerprint density at radius 3 is 2.71 bits per heavy atom. The van der Waals surface area contributed by atoms with Crippen molar-refractivity contribution < 1.29 is 4.79 Å². The Bertz CT molecular complexity index is 541. The van der Waals surface area contributed by atoms with Gasteiger partial charge in [0.2, 0.25) is 0 Å². The van der Waals surface area contributed by atoms with Gasteiger partial charge < -0.3 is 15.6 Å². The van der Waals surface area contributed by atoms with Gasteiger partial charge in [0.15, 0.2) is 0 Å². The highest BCUT2D eigenvalue weighted by molar-refractivity contribution is 6.07. The summed E-state index contributed by atoms with van der Waals surface area (Å²) in [6, 6.07) is 5.55. The molecule has 0 saturated heterocycles. The SMILES string of the molecule is CCN(CC)C(=O)c1c[nH]c2ccc(N)cc12. The average molecular weight is 231 g/mol. The zero-order valence-corrected chi connectivity index (χ0v) is 10.2. The van der Waals surface area contributed by atoms with Gasteiger partial charge in [0, 0.05) is 35.9 Å². The van der Waals surface area contributed by atoms with Gasteiger partial charge in [-0.15, -0.1) is 0 Å². The third kappa shape index (κ3) is 1.98. The number of amides is 1. The molecule has 0 unspecified atom stereocenters. The van der Waals surface area contributed by atoms with Crippen molar-refractivity contribution in [2.45, 2.75) is 13.8 Å². The summed E-state index contributed by atoms with van der Waals surface area (Å²) in [5.41, 5.74) is 8.06. The minimum Gasteiger partial charge on any atom is -0.399 e. The molecule has 4 heteroatoms. The lowest BCUT2D eigenvalue weighted by atomic mass is 10.1. The van der Waals surface area contributed by atoms with Crippen LogP contribution in [0.2, 0.25) is 0 Å². The second kappa shape index (κ2) is 4.49. The van der Waals surface area contributed by atoms with Gasteiger partial charge in [-0.05, 0) is 32.0 Å². The normalized spacial score (nSPS) is 10.7. The molecule has 2 aromatic rings. The van der Waals surface area contributed by atoms with E-state index in [1.165, 1.54) is 0 Å². The van der Waals surface area contributed by atoms with E-state index >= 15 is 0 Å². The van der Waals surface area contributed by atoms with Gasteiger partial charge >= 0.3 is 0 Å². The van der Waals surface area contributed by atoms with Crippen LogP contribution in [0.25, 0.3) is 10.9 Å². The van der Waals surface area contributed by atoms with E-state index in [2.05, 4.69) is 4.98 Å². The standard InChI is InChI=1S/C13H17N3O/c1-3-16(4-2)13(17)11-8-15-12-6-5-9(14)7-10(11)12/h5-8,15H,3-4,14H2,1-2H3. The molecule has 1 aromatic carbocycles. The van der Waals surface area contributed by atoms with Crippen LogP contribution in [-0.4, -0.2) is 28.9 Å². The largest absolute Gasteiger partial charge is 0.399 e. The molecule has 0 saturated carbocycles. The molecule has 0 fully saturated rings. The molecule has 0 atom stereocenters. The van der Waals surface area contributed by atoms with E-state index in [4.69, 9.17) is 5.73 Å². The molecule has 0 aliphatic heterocycles. The Kier molecular flexibility index (Phi) is 3.04. The molecule has 90 valence electrons. The fourth-order valence-electron chi connectivity index (χ4n) is 2.00. The van der Waals surface area contributed by atoms with Crippen molar-refractivity contribution in [1.82, 2.24) is 9.88 Å². The number of hydrogen-bond acceptors (Lipinski definition) is 2. The van der Waals surface area contributed by atoms with Crippen LogP contribution in [0.5, 0.6) is 0 Å². The van der Waals surface area contributed by atoms with Crippen molar-refractivity contribution in [3.05, 3.63) is 30.0 Å². The van der Waals surface area contributed by atoms with Crippen molar-refractivity contribution in [3.8, 4) is 0 Å². The van der Waals surface area contributed by atoms with Gasteiger partial charge in [0.05, 0.1) is 5.56 Å². The second-order valence-electron chi connectivity index (χ2n) is 3.98. The fraction of sp³-hybridized carbons (Fsp3) is 0.308. The van der Waals surface area contributed by atoms with E-state index in [9.17, 15) is 4.79 Å². The summed E-state index contributed by atoms with van der Waals surface area (Å²) >= 11 is 0. The number of fused-ring (bicyclic) bond motifs is 1. The molecule has 0 aliphatic carbocycles. The molecule has 0 aliphatic rings. The Morgan fingerprint density at radius 2 is 2.06 bits per heavy atom. The van der Waals surface area contributed by atoms with E-state index in [0.29, 0.717) is 24.3 Å². The van der Waals surface area contributed by atoms with E-state index < -0.39 is 0 Å². The number of nitrogens with one attached hydrogen (secondary N) is 1. The lowest BCUT2D eigenvalue weighted by Crippen LogP contribution is -2.30. The number of anilines is 1. The van der Waals surface area contributed by atoms with Gasteiger partial charge in [-0.3, -0.25) is 4.79 Å². The molecule has 1 amide bonds. The number of aromatic amines is 1. The van der Waals surface area contributed by atoms with E-state index in [-0.39, 0.29) is 5.91 Å². The molecule has 0 bridgehead atoms. The first-order valence-corrected chi connectivity index (χ1v) is 5.83. The van der Waals surface area contributed by atoms with Gasteiger partial charge in [-0.2, -0.15) is 0 Å². The summed E-state index contributed by atoms with van der Waals surface area (Å²) in [5.74, 6) is 0.0480. The maximum atomic E-state index is 12.3. The summed E-state index contributed by atoms with van der Waals surface area (Å²) in [6.45, 7) is 5.38. The molecule has 0 spiro atoms. The predicted octanol–water partition coefficient (Wildman–Crippen LogP) is 2.23. The van der Waals surface area contributed by atoms with Crippen LogP contribution in [0.4, 0.5) is 5.69 Å². The summed E-state index contributed by atoms with van der Waals surface area (Å²) < 4.78 is 0. The number of rotatable bonds is 3. The van der Waals surface area contributed by atoms with Crippen molar-refractivity contribution in [3.63, 3.8) is 0 Å². The Morgan fingerprint density at radius 1 is 1.35 bits per heavy atom. The van der Waals surface area contributed by atoms with Gasteiger partial charge in [0.25, 0.3) is 5.91 Å². The van der Waals surface area contributed by atoms with Crippen LogP contribution in [0.15, 0.2) is 24.4 Å². The molecule has 1 aromatic heterocycles. The third-order valence-electron chi connectivity index (χ3n) is 2.99. The Balaban J connectivity index is 2.48. The maximum Gasteiger partial charge on any atom is 0.256 e. The van der Waals surface area contributed by atoms with E-state index in [1.54, 1.807) is 11.1 Å². The second-order valence-corrected chi connectivity index (χ2v) is 3.98. The Hall–Kier alpha value is -1.97. The molecular formula is C13H17N3O. The smallest absolute Gasteiger partial charge is 0.256 e. The van der Waals surface area contributed by atoms with Crippen molar-refractivity contribution in [2.24, 2.45) is 0 Å². The van der Waals surface area contributed by atoms with Crippen molar-refractivity contribution in [1.29, 1.82) is 0 Å². The van der Waals surface area contributed by atoms with Gasteiger partial charge in [-0.25, -0.2) is 0 Å². The number of H-pyrrole nitrogens is 1. The van der Waals surface area contributed by atoms with Crippen LogP contribution in [0.3, 0.4) is 0 Å². The zero-order chi connectivity index (χ0) is 12.4. The molecule has 3 N–H and O–H groups in total. The highest BCUT2D eigenvalue weighted by atomic mass is 16.2. The molecule has 17 heavy (non-hydrogen) atoms. The number of nitrogen functional groups attached to an aromatic ring is 1. The first-order chi connectivity index (χ1) is 8.17. The predicted molar refractivity (Wildman–Crippen MR) is 70.0 cm³/mol. The van der Waals surface area contributed by atoms with Crippen LogP contribution in [-0.2, 0) is 0 Å². The summed E-state index contributed by atoms with van der Waals surface area (Å²) in [6.07, 6.45) is 1.75. The molecular weight excluding hydrogens is 214 g/mol. The average Bonchev–Trinajstić information content (AvgIpc) is 2.73. The lowest BCUT2D eigenvalue weighted by Gasteiger charge is -2.17. The minimum atomic E-state index is 0.0480. The quantitative estimate of drug-likeness (QED) is 0.796. The van der Waals surface area contributed by atoms with Crippen LogP contribution in [0.1, 0.15) is 24.2 Å². The highest BCUT2D eigenvalue weighted by Gasteiger charge is 2.16. The summed E-state index contributed by atoms with van der Waals surface area (Å²) in [7, 11) is 0. The minimum absolute atomic E-state index is 0.0480. The van der Waals surface area contributed by atoms with E-state index in [0.717, 1.165) is 10.9 Å². The topological polar surface area (TPSA) is 62.1 Å². The van der Waals surface area contributed by atoms with E-state index in [1.807, 2.05) is 32.0 Å². The molecule has 4 nitrogen and oxygen atoms in total. The number of aromatic nitrogens is 1. The fourth-order valence-corrected chi connectivity index (χ4v) is 2.00. The van der Waals surface area contributed by atoms with Crippen LogP contribution >= 0.6 is 0 Å². The number of benzene rings is 1. The van der Waals surface area contributed by atoms with Crippen LogP contribution < -0.4 is 5.73 Å². The number of nitrogens with zero attached hydrogens (tertiary/aromatic N) is 1. The molecule has 2 rings (SSSR count). The van der Waals surface area contributed by atoms with Gasteiger partial charge in [0.1, 0.15) is 0 Å². The highest BCUT2D eigenvalue weighted by Crippen LogP contribution is 2.22. The number of carbonyl (C=O) groups excluding carboxylic acids is 1. The Labute approximate surface area is 100 Å². The lowest BCUT2D eigenvalue weighted by molar-refractivity contribution is 0.0775. The first-order valence-electron chi connectivity index (χ1n) is 5.83. The molecule has 1 heterocycles. The molecule has 0 radical (unpaired) electrons. The number of nitrogens with two attached hydrogens (primary N) is 1. The zero-order valence-electron chi connectivity index (χ0n) is 10.2. The van der Waals surface area contributed by atoms with Crippen LogP contribution in [0, 0.1) is 0 Å². The van der Waals surface area contributed by atoms with Crippen molar-refractivity contribution in [2.75, 3.05) is 18.8 Å². The summed E-state index contributed by atoms with van der Waals surface area (Å²) in [4.78, 5) is 17.2. The maximum absolute atomic E-state index is 12.3.